The van der Waals surface area contributed by atoms with Crippen molar-refractivity contribution in [1.82, 2.24) is 0 Å². The van der Waals surface area contributed by atoms with Crippen LogP contribution in [-0.2, 0) is 12.8 Å². The SMILES string of the molecule is COc1ccc(F)c(NC2CCc3ccccc3C2)c1. The van der Waals surface area contributed by atoms with Gasteiger partial charge in [0.05, 0.1) is 12.8 Å². The summed E-state index contributed by atoms with van der Waals surface area (Å²) in [6.45, 7) is 0. The van der Waals surface area contributed by atoms with E-state index in [2.05, 4.69) is 29.6 Å². The minimum atomic E-state index is -0.232. The van der Waals surface area contributed by atoms with Crippen molar-refractivity contribution in [3.8, 4) is 5.75 Å². The molecule has 0 fully saturated rings. The molecule has 1 N–H and O–H groups in total. The highest BCUT2D eigenvalue weighted by Crippen LogP contribution is 2.26. The van der Waals surface area contributed by atoms with Gasteiger partial charge in [-0.3, -0.25) is 0 Å². The number of fused-ring (bicyclic) bond motifs is 1. The van der Waals surface area contributed by atoms with E-state index in [4.69, 9.17) is 4.74 Å². The molecule has 1 aliphatic rings. The molecule has 104 valence electrons. The Morgan fingerprint density at radius 2 is 1.95 bits per heavy atom. The zero-order chi connectivity index (χ0) is 13.9. The molecule has 1 unspecified atom stereocenters. The van der Waals surface area contributed by atoms with Gasteiger partial charge in [-0.2, -0.15) is 0 Å². The van der Waals surface area contributed by atoms with Crippen molar-refractivity contribution in [3.05, 3.63) is 59.4 Å². The zero-order valence-corrected chi connectivity index (χ0v) is 11.5. The number of benzene rings is 2. The average Bonchev–Trinajstić information content (AvgIpc) is 2.49. The topological polar surface area (TPSA) is 21.3 Å². The molecule has 0 aliphatic heterocycles. The van der Waals surface area contributed by atoms with Crippen LogP contribution < -0.4 is 10.1 Å². The fraction of sp³-hybridized carbons (Fsp3) is 0.294. The largest absolute Gasteiger partial charge is 0.497 e. The Bertz CT molecular complexity index is 612. The van der Waals surface area contributed by atoms with Gasteiger partial charge in [-0.1, -0.05) is 24.3 Å². The van der Waals surface area contributed by atoms with Crippen LogP contribution in [0.2, 0.25) is 0 Å². The normalized spacial score (nSPS) is 17.4. The summed E-state index contributed by atoms with van der Waals surface area (Å²) in [4.78, 5) is 0. The predicted molar refractivity (Wildman–Crippen MR) is 78.8 cm³/mol. The van der Waals surface area contributed by atoms with Crippen LogP contribution in [0.4, 0.5) is 10.1 Å². The van der Waals surface area contributed by atoms with Gasteiger partial charge in [0.15, 0.2) is 0 Å². The molecule has 3 rings (SSSR count). The summed E-state index contributed by atoms with van der Waals surface area (Å²) in [5.74, 6) is 0.440. The first-order valence-corrected chi connectivity index (χ1v) is 6.93. The molecule has 2 nitrogen and oxygen atoms in total. The van der Waals surface area contributed by atoms with E-state index in [1.165, 1.54) is 17.2 Å². The molecular weight excluding hydrogens is 253 g/mol. The first-order chi connectivity index (χ1) is 9.76. The monoisotopic (exact) mass is 271 g/mol. The Morgan fingerprint density at radius 1 is 1.15 bits per heavy atom. The molecule has 2 aromatic carbocycles. The van der Waals surface area contributed by atoms with Crippen LogP contribution in [0.3, 0.4) is 0 Å². The zero-order valence-electron chi connectivity index (χ0n) is 11.5. The van der Waals surface area contributed by atoms with Gasteiger partial charge in [-0.05, 0) is 42.5 Å². The number of anilines is 1. The van der Waals surface area contributed by atoms with Gasteiger partial charge in [0, 0.05) is 12.1 Å². The molecular formula is C17H18FNO. The molecule has 0 amide bonds. The maximum absolute atomic E-state index is 13.8. The minimum absolute atomic E-state index is 0.232. The van der Waals surface area contributed by atoms with Gasteiger partial charge in [0.2, 0.25) is 0 Å². The van der Waals surface area contributed by atoms with Crippen molar-refractivity contribution in [3.63, 3.8) is 0 Å². The lowest BCUT2D eigenvalue weighted by atomic mass is 9.88. The summed E-state index contributed by atoms with van der Waals surface area (Å²) in [6, 6.07) is 13.5. The van der Waals surface area contributed by atoms with Gasteiger partial charge in [-0.15, -0.1) is 0 Å². The number of aryl methyl sites for hydroxylation is 1. The first-order valence-electron chi connectivity index (χ1n) is 6.93. The van der Waals surface area contributed by atoms with Crippen molar-refractivity contribution in [2.45, 2.75) is 25.3 Å². The Labute approximate surface area is 118 Å². The fourth-order valence-electron chi connectivity index (χ4n) is 2.78. The van der Waals surface area contributed by atoms with E-state index < -0.39 is 0 Å². The average molecular weight is 271 g/mol. The Hall–Kier alpha value is -2.03. The number of rotatable bonds is 3. The standard InChI is InChI=1S/C17H18FNO/c1-20-15-8-9-16(18)17(11-15)19-14-7-6-12-4-2-3-5-13(12)10-14/h2-5,8-9,11,14,19H,6-7,10H2,1H3. The van der Waals surface area contributed by atoms with Gasteiger partial charge in [-0.25, -0.2) is 4.39 Å². The number of hydrogen-bond donors (Lipinski definition) is 1. The Morgan fingerprint density at radius 3 is 2.75 bits per heavy atom. The maximum atomic E-state index is 13.8. The predicted octanol–water partition coefficient (Wildman–Crippen LogP) is 3.80. The number of methoxy groups -OCH3 is 1. The highest BCUT2D eigenvalue weighted by molar-refractivity contribution is 5.51. The van der Waals surface area contributed by atoms with Crippen LogP contribution in [0.25, 0.3) is 0 Å². The van der Waals surface area contributed by atoms with E-state index in [1.807, 2.05) is 0 Å². The highest BCUT2D eigenvalue weighted by Gasteiger charge is 2.19. The van der Waals surface area contributed by atoms with Crippen LogP contribution in [0, 0.1) is 5.82 Å². The number of hydrogen-bond acceptors (Lipinski definition) is 2. The van der Waals surface area contributed by atoms with Crippen molar-refractivity contribution in [2.24, 2.45) is 0 Å². The van der Waals surface area contributed by atoms with Crippen molar-refractivity contribution < 1.29 is 9.13 Å². The van der Waals surface area contributed by atoms with E-state index in [0.717, 1.165) is 19.3 Å². The molecule has 0 heterocycles. The first kappa shape index (κ1) is 13.0. The molecule has 1 atom stereocenters. The smallest absolute Gasteiger partial charge is 0.146 e. The number of ether oxygens (including phenoxy) is 1. The Balaban J connectivity index is 1.76. The number of nitrogens with one attached hydrogen (secondary N) is 1. The van der Waals surface area contributed by atoms with Crippen LogP contribution in [-0.4, -0.2) is 13.2 Å². The second-order valence-corrected chi connectivity index (χ2v) is 5.20. The third kappa shape index (κ3) is 2.62. The summed E-state index contributed by atoms with van der Waals surface area (Å²) < 4.78 is 19.0. The third-order valence-corrected chi connectivity index (χ3v) is 3.88. The van der Waals surface area contributed by atoms with E-state index in [9.17, 15) is 4.39 Å². The summed E-state index contributed by atoms with van der Waals surface area (Å²) in [6.07, 6.45) is 3.00. The molecule has 0 aromatic heterocycles. The van der Waals surface area contributed by atoms with Gasteiger partial charge in [0.25, 0.3) is 0 Å². The molecule has 0 spiro atoms. The van der Waals surface area contributed by atoms with Crippen LogP contribution in [0.15, 0.2) is 42.5 Å². The van der Waals surface area contributed by atoms with Crippen molar-refractivity contribution in [2.75, 3.05) is 12.4 Å². The van der Waals surface area contributed by atoms with E-state index in [0.29, 0.717) is 11.4 Å². The highest BCUT2D eigenvalue weighted by atomic mass is 19.1. The van der Waals surface area contributed by atoms with Gasteiger partial charge in [0.1, 0.15) is 11.6 Å². The second-order valence-electron chi connectivity index (χ2n) is 5.20. The van der Waals surface area contributed by atoms with E-state index >= 15 is 0 Å². The van der Waals surface area contributed by atoms with E-state index in [1.54, 1.807) is 19.2 Å². The third-order valence-electron chi connectivity index (χ3n) is 3.88. The van der Waals surface area contributed by atoms with Gasteiger partial charge >= 0.3 is 0 Å². The lowest BCUT2D eigenvalue weighted by Crippen LogP contribution is -2.27. The van der Waals surface area contributed by atoms with E-state index in [-0.39, 0.29) is 11.9 Å². The molecule has 0 saturated heterocycles. The quantitative estimate of drug-likeness (QED) is 0.916. The summed E-state index contributed by atoms with van der Waals surface area (Å²) in [7, 11) is 1.59. The molecule has 3 heteroatoms. The molecule has 2 aromatic rings. The Kier molecular flexibility index (Phi) is 3.59. The molecule has 20 heavy (non-hydrogen) atoms. The fourth-order valence-corrected chi connectivity index (χ4v) is 2.78. The van der Waals surface area contributed by atoms with Crippen LogP contribution in [0.1, 0.15) is 17.5 Å². The summed E-state index contributed by atoms with van der Waals surface area (Å²) in [5.41, 5.74) is 3.30. The maximum Gasteiger partial charge on any atom is 0.146 e. The second kappa shape index (κ2) is 5.53. The molecule has 0 bridgehead atoms. The molecule has 1 aliphatic carbocycles. The minimum Gasteiger partial charge on any atom is -0.497 e. The lowest BCUT2D eigenvalue weighted by molar-refractivity contribution is 0.414. The summed E-state index contributed by atoms with van der Waals surface area (Å²) in [5, 5.41) is 3.31. The van der Waals surface area contributed by atoms with Crippen molar-refractivity contribution >= 4 is 5.69 Å². The summed E-state index contributed by atoms with van der Waals surface area (Å²) >= 11 is 0. The lowest BCUT2D eigenvalue weighted by Gasteiger charge is -2.26. The van der Waals surface area contributed by atoms with Crippen LogP contribution in [0.5, 0.6) is 5.75 Å². The van der Waals surface area contributed by atoms with Gasteiger partial charge < -0.3 is 10.1 Å². The number of halogens is 1. The molecule has 0 radical (unpaired) electrons. The van der Waals surface area contributed by atoms with Crippen molar-refractivity contribution in [1.29, 1.82) is 0 Å². The molecule has 0 saturated carbocycles. The van der Waals surface area contributed by atoms with Crippen LogP contribution >= 0.6 is 0 Å².